The number of rotatable bonds is 8. The van der Waals surface area contributed by atoms with E-state index >= 15 is 0 Å². The topological polar surface area (TPSA) is 66.0 Å². The van der Waals surface area contributed by atoms with Gasteiger partial charge in [0.25, 0.3) is 0 Å². The molecule has 0 radical (unpaired) electrons. The molecule has 1 saturated heterocycles. The molecule has 1 aliphatic heterocycles. The van der Waals surface area contributed by atoms with E-state index in [0.29, 0.717) is 25.4 Å². The summed E-state index contributed by atoms with van der Waals surface area (Å²) < 4.78 is 5.26. The highest BCUT2D eigenvalue weighted by Gasteiger charge is 2.26. The van der Waals surface area contributed by atoms with Gasteiger partial charge in [-0.05, 0) is 36.6 Å². The van der Waals surface area contributed by atoms with Crippen LogP contribution in [0.3, 0.4) is 0 Å². The third kappa shape index (κ3) is 7.72. The smallest absolute Gasteiger partial charge is 0.222 e. The molecule has 31 heavy (non-hydrogen) atoms. The SMILES string of the molecule is CCNC(=NCCC(=O)NCc1ccccc1)N1CCC(c2ccc(OC)cc2)C1.I. The predicted octanol–water partition coefficient (Wildman–Crippen LogP) is 3.77. The summed E-state index contributed by atoms with van der Waals surface area (Å²) in [5, 5.41) is 6.33. The van der Waals surface area contributed by atoms with Gasteiger partial charge < -0.3 is 20.3 Å². The maximum Gasteiger partial charge on any atom is 0.222 e. The van der Waals surface area contributed by atoms with Crippen molar-refractivity contribution in [1.82, 2.24) is 15.5 Å². The Morgan fingerprint density at radius 3 is 2.55 bits per heavy atom. The van der Waals surface area contributed by atoms with Crippen LogP contribution in [0.4, 0.5) is 0 Å². The number of halogens is 1. The Kier molecular flexibility index (Phi) is 10.6. The average Bonchev–Trinajstić information content (AvgIpc) is 3.28. The van der Waals surface area contributed by atoms with E-state index in [9.17, 15) is 4.79 Å². The van der Waals surface area contributed by atoms with Crippen molar-refractivity contribution in [3.63, 3.8) is 0 Å². The number of methoxy groups -OCH3 is 1. The van der Waals surface area contributed by atoms with Gasteiger partial charge in [0, 0.05) is 38.5 Å². The summed E-state index contributed by atoms with van der Waals surface area (Å²) >= 11 is 0. The fraction of sp³-hybridized carbons (Fsp3) is 0.417. The molecule has 1 heterocycles. The van der Waals surface area contributed by atoms with Crippen molar-refractivity contribution >= 4 is 35.8 Å². The van der Waals surface area contributed by atoms with E-state index in [1.807, 2.05) is 42.5 Å². The summed E-state index contributed by atoms with van der Waals surface area (Å²) in [7, 11) is 1.69. The van der Waals surface area contributed by atoms with Gasteiger partial charge in [0.2, 0.25) is 5.91 Å². The molecule has 168 valence electrons. The van der Waals surface area contributed by atoms with Gasteiger partial charge in [0.1, 0.15) is 5.75 Å². The monoisotopic (exact) mass is 536 g/mol. The number of aliphatic imine (C=N–C) groups is 1. The number of amides is 1. The third-order valence-electron chi connectivity index (χ3n) is 5.34. The molecule has 7 heteroatoms. The highest BCUT2D eigenvalue weighted by Crippen LogP contribution is 2.28. The van der Waals surface area contributed by atoms with Gasteiger partial charge in [-0.25, -0.2) is 0 Å². The van der Waals surface area contributed by atoms with E-state index in [1.165, 1.54) is 5.56 Å². The first-order valence-electron chi connectivity index (χ1n) is 10.7. The summed E-state index contributed by atoms with van der Waals surface area (Å²) in [5.74, 6) is 2.28. The van der Waals surface area contributed by atoms with Crippen LogP contribution in [-0.2, 0) is 11.3 Å². The lowest BCUT2D eigenvalue weighted by molar-refractivity contribution is -0.121. The molecule has 1 unspecified atom stereocenters. The van der Waals surface area contributed by atoms with Gasteiger partial charge in [-0.3, -0.25) is 9.79 Å². The molecule has 1 amide bonds. The number of carbonyl (C=O) groups excluding carboxylic acids is 1. The lowest BCUT2D eigenvalue weighted by atomic mass is 9.98. The summed E-state index contributed by atoms with van der Waals surface area (Å²) in [5.41, 5.74) is 2.43. The molecular formula is C24H33IN4O2. The van der Waals surface area contributed by atoms with Crippen LogP contribution in [0, 0.1) is 0 Å². The summed E-state index contributed by atoms with van der Waals surface area (Å²) in [6, 6.07) is 18.3. The van der Waals surface area contributed by atoms with E-state index in [1.54, 1.807) is 7.11 Å². The average molecular weight is 536 g/mol. The van der Waals surface area contributed by atoms with Gasteiger partial charge in [0.15, 0.2) is 5.96 Å². The highest BCUT2D eigenvalue weighted by atomic mass is 127. The first-order valence-corrected chi connectivity index (χ1v) is 10.7. The van der Waals surface area contributed by atoms with Crippen LogP contribution in [-0.4, -0.2) is 50.1 Å². The number of carbonyl (C=O) groups is 1. The van der Waals surface area contributed by atoms with Crippen LogP contribution in [0.15, 0.2) is 59.6 Å². The van der Waals surface area contributed by atoms with E-state index in [2.05, 4.69) is 34.6 Å². The zero-order chi connectivity index (χ0) is 21.2. The molecule has 0 saturated carbocycles. The minimum absolute atomic E-state index is 0. The molecule has 1 fully saturated rings. The molecule has 2 aromatic carbocycles. The molecule has 2 N–H and O–H groups in total. The Morgan fingerprint density at radius 1 is 1.13 bits per heavy atom. The number of hydrogen-bond acceptors (Lipinski definition) is 3. The summed E-state index contributed by atoms with van der Waals surface area (Å²) in [4.78, 5) is 19.1. The minimum Gasteiger partial charge on any atom is -0.497 e. The molecule has 6 nitrogen and oxygen atoms in total. The Bertz CT molecular complexity index is 827. The quantitative estimate of drug-likeness (QED) is 0.306. The Labute approximate surface area is 202 Å². The van der Waals surface area contributed by atoms with Crippen LogP contribution >= 0.6 is 24.0 Å². The van der Waals surface area contributed by atoms with Crippen molar-refractivity contribution in [2.24, 2.45) is 4.99 Å². The van der Waals surface area contributed by atoms with E-state index in [-0.39, 0.29) is 29.9 Å². The standard InChI is InChI=1S/C24H32N4O2.HI/c1-3-25-24(26-15-13-23(29)27-17-19-7-5-4-6-8-19)28-16-14-21(18-28)20-9-11-22(30-2)12-10-20;/h4-12,21H,3,13-18H2,1-2H3,(H,25,26)(H,27,29);1H. The second-order valence-electron chi connectivity index (χ2n) is 7.45. The van der Waals surface area contributed by atoms with Crippen LogP contribution in [0.5, 0.6) is 5.75 Å². The lowest BCUT2D eigenvalue weighted by Crippen LogP contribution is -2.40. The Hall–Kier alpha value is -2.29. The first-order chi connectivity index (χ1) is 14.7. The summed E-state index contributed by atoms with van der Waals surface area (Å²) in [6.07, 6.45) is 1.48. The molecule has 0 bridgehead atoms. The normalized spacial score (nSPS) is 15.9. The highest BCUT2D eigenvalue weighted by molar-refractivity contribution is 14.0. The molecule has 2 aromatic rings. The van der Waals surface area contributed by atoms with Gasteiger partial charge in [-0.1, -0.05) is 42.5 Å². The van der Waals surface area contributed by atoms with Crippen LogP contribution in [0.1, 0.15) is 36.8 Å². The lowest BCUT2D eigenvalue weighted by Gasteiger charge is -2.21. The number of ether oxygens (including phenoxy) is 1. The van der Waals surface area contributed by atoms with Crippen molar-refractivity contribution in [2.75, 3.05) is 33.3 Å². The minimum atomic E-state index is 0. The van der Waals surface area contributed by atoms with Crippen LogP contribution < -0.4 is 15.4 Å². The number of nitrogens with zero attached hydrogens (tertiary/aromatic N) is 2. The fourth-order valence-corrected chi connectivity index (χ4v) is 3.67. The second-order valence-corrected chi connectivity index (χ2v) is 7.45. The molecule has 3 rings (SSSR count). The molecular weight excluding hydrogens is 503 g/mol. The van der Waals surface area contributed by atoms with Crippen molar-refractivity contribution in [2.45, 2.75) is 32.2 Å². The van der Waals surface area contributed by atoms with Crippen molar-refractivity contribution in [3.8, 4) is 5.75 Å². The van der Waals surface area contributed by atoms with E-state index in [0.717, 1.165) is 43.3 Å². The maximum absolute atomic E-state index is 12.1. The number of hydrogen-bond donors (Lipinski definition) is 2. The third-order valence-corrected chi connectivity index (χ3v) is 5.34. The van der Waals surface area contributed by atoms with Crippen molar-refractivity contribution in [3.05, 3.63) is 65.7 Å². The number of nitrogens with one attached hydrogen (secondary N) is 2. The molecule has 1 aliphatic rings. The number of benzene rings is 2. The first kappa shape index (κ1) is 25.0. The molecule has 0 spiro atoms. The largest absolute Gasteiger partial charge is 0.497 e. The number of likely N-dealkylation sites (tertiary alicyclic amines) is 1. The zero-order valence-corrected chi connectivity index (χ0v) is 20.7. The zero-order valence-electron chi connectivity index (χ0n) is 18.3. The van der Waals surface area contributed by atoms with Gasteiger partial charge in [0.05, 0.1) is 13.7 Å². The van der Waals surface area contributed by atoms with E-state index in [4.69, 9.17) is 9.73 Å². The van der Waals surface area contributed by atoms with Crippen LogP contribution in [0.25, 0.3) is 0 Å². The van der Waals surface area contributed by atoms with E-state index < -0.39 is 0 Å². The summed E-state index contributed by atoms with van der Waals surface area (Å²) in [6.45, 7) is 5.80. The fourth-order valence-electron chi connectivity index (χ4n) is 3.67. The van der Waals surface area contributed by atoms with Crippen LogP contribution in [0.2, 0.25) is 0 Å². The molecule has 0 aromatic heterocycles. The maximum atomic E-state index is 12.1. The van der Waals surface area contributed by atoms with Gasteiger partial charge >= 0.3 is 0 Å². The number of guanidine groups is 1. The Balaban J connectivity index is 0.00000341. The Morgan fingerprint density at radius 2 is 1.87 bits per heavy atom. The molecule has 1 atom stereocenters. The van der Waals surface area contributed by atoms with Crippen molar-refractivity contribution in [1.29, 1.82) is 0 Å². The molecule has 0 aliphatic carbocycles. The van der Waals surface area contributed by atoms with Gasteiger partial charge in [-0.15, -0.1) is 24.0 Å². The second kappa shape index (κ2) is 13.2. The van der Waals surface area contributed by atoms with Gasteiger partial charge in [-0.2, -0.15) is 0 Å². The van der Waals surface area contributed by atoms with Crippen molar-refractivity contribution < 1.29 is 9.53 Å². The predicted molar refractivity (Wildman–Crippen MR) is 136 cm³/mol.